The van der Waals surface area contributed by atoms with Gasteiger partial charge in [-0.05, 0) is 46.3 Å². The summed E-state index contributed by atoms with van der Waals surface area (Å²) in [5, 5.41) is 32.2. The Morgan fingerprint density at radius 2 is 1.80 bits per heavy atom. The first-order valence-corrected chi connectivity index (χ1v) is 29.5. The number of aliphatic hydroxyl groups excluding tert-OH is 1. The number of aromatic nitrogens is 7. The molecule has 0 bridgehead atoms. The molecule has 2 aliphatic rings. The van der Waals surface area contributed by atoms with Crippen molar-refractivity contribution in [2.24, 2.45) is 11.8 Å². The molecule has 4 heterocycles. The molecule has 5 N–H and O–H groups in total. The van der Waals surface area contributed by atoms with Crippen molar-refractivity contribution in [1.82, 2.24) is 34.9 Å². The van der Waals surface area contributed by atoms with E-state index in [4.69, 9.17) is 47.9 Å². The Bertz CT molecular complexity index is 2170. The molecule has 5 rings (SSSR count). The van der Waals surface area contributed by atoms with Crippen LogP contribution in [0.15, 0.2) is 23.4 Å². The number of nitrogens with zero attached hydrogens (tertiary/aromatic N) is 7. The molecule has 0 radical (unpaired) electrons. The number of nitriles is 1. The van der Waals surface area contributed by atoms with E-state index in [1.807, 2.05) is 75.3 Å². The summed E-state index contributed by atoms with van der Waals surface area (Å²) in [6.45, 7) is 15.0. The van der Waals surface area contributed by atoms with Gasteiger partial charge < -0.3 is 42.3 Å². The third kappa shape index (κ3) is 12.9. The second kappa shape index (κ2) is 23.0. The maximum atomic E-state index is 13.4. The number of aromatic amines is 1. The van der Waals surface area contributed by atoms with Crippen LogP contribution in [0.25, 0.3) is 11.2 Å². The van der Waals surface area contributed by atoms with E-state index in [1.54, 1.807) is 6.07 Å². The molecule has 0 aromatic carbocycles. The van der Waals surface area contributed by atoms with Gasteiger partial charge in [0.25, 0.3) is 5.56 Å². The van der Waals surface area contributed by atoms with E-state index < -0.39 is 86.9 Å². The first-order chi connectivity index (χ1) is 30.7. The van der Waals surface area contributed by atoms with Crippen molar-refractivity contribution >= 4 is 61.0 Å². The number of fused-ring (bicyclic) bond motifs is 1. The molecule has 362 valence electrons. The summed E-state index contributed by atoms with van der Waals surface area (Å²) in [5.74, 6) is 0.0978. The molecular formula is C38H64N9O13P2SSi2+. The molecule has 1 aliphatic heterocycles. The van der Waals surface area contributed by atoms with Crippen LogP contribution in [0.1, 0.15) is 94.7 Å². The molecule has 1 saturated heterocycles. The highest BCUT2D eigenvalue weighted by atomic mass is 32.5. The molecule has 2 fully saturated rings. The minimum absolute atomic E-state index is 0.0169. The largest absolute Gasteiger partial charge is 0.695 e. The molecule has 3 aromatic rings. The summed E-state index contributed by atoms with van der Waals surface area (Å²) < 4.78 is 65.2. The minimum atomic E-state index is -4.04. The number of hydrogen-bond acceptors (Lipinski definition) is 20. The van der Waals surface area contributed by atoms with Gasteiger partial charge in [-0.2, -0.15) is 14.9 Å². The van der Waals surface area contributed by atoms with Crippen molar-refractivity contribution in [3.8, 4) is 11.9 Å². The van der Waals surface area contributed by atoms with Gasteiger partial charge in [-0.15, -0.1) is 14.5 Å². The lowest BCUT2D eigenvalue weighted by atomic mass is 10.1. The Morgan fingerprint density at radius 1 is 1.09 bits per heavy atom. The third-order valence-electron chi connectivity index (χ3n) is 11.4. The van der Waals surface area contributed by atoms with E-state index >= 15 is 0 Å². The number of nitrogens with one attached hydrogen (secondary N) is 2. The highest BCUT2D eigenvalue weighted by molar-refractivity contribution is 8.07. The predicted molar refractivity (Wildman–Crippen MR) is 246 cm³/mol. The molecule has 65 heavy (non-hydrogen) atoms. The van der Waals surface area contributed by atoms with Gasteiger partial charge in [-0.1, -0.05) is 74.5 Å². The van der Waals surface area contributed by atoms with Crippen LogP contribution in [0.2, 0.25) is 22.2 Å². The second-order valence-corrected chi connectivity index (χ2v) is 30.1. The van der Waals surface area contributed by atoms with E-state index in [9.17, 15) is 29.4 Å². The molecule has 22 nitrogen and oxygen atoms in total. The summed E-state index contributed by atoms with van der Waals surface area (Å²) >= 11 is 6.14. The summed E-state index contributed by atoms with van der Waals surface area (Å²) in [5.41, 5.74) is -1.64. The predicted octanol–water partition coefficient (Wildman–Crippen LogP) is 5.63. The lowest BCUT2D eigenvalue weighted by Crippen LogP contribution is -2.62. The van der Waals surface area contributed by atoms with Crippen LogP contribution >= 0.6 is 15.0 Å². The zero-order valence-corrected chi connectivity index (χ0v) is 43.1. The van der Waals surface area contributed by atoms with Crippen molar-refractivity contribution < 1.29 is 55.5 Å². The van der Waals surface area contributed by atoms with Crippen molar-refractivity contribution in [1.29, 1.82) is 5.26 Å². The van der Waals surface area contributed by atoms with Crippen molar-refractivity contribution in [3.05, 3.63) is 28.9 Å². The van der Waals surface area contributed by atoms with Gasteiger partial charge in [0.15, 0.2) is 17.4 Å². The van der Waals surface area contributed by atoms with Crippen molar-refractivity contribution in [2.75, 3.05) is 31.7 Å². The van der Waals surface area contributed by atoms with E-state index in [2.05, 4.69) is 35.6 Å². The lowest BCUT2D eigenvalue weighted by molar-refractivity contribution is -0.0570. The SMILES string of the molecule is CC(C)CNc1nc2c(nnn2[C@@H]2O[C@H](CO)[C@@H](O[Si](O[Si](O)(C(C)C)C(C)C)(C(C)C)C(C)C)[C@H]2O[P@](=S)(OCCC#N)OC[C@H]2C[C@@H](Oc3ccncn3)C[C@@H]2O[P+](=O)O)c(=O)[nH]1. The highest BCUT2D eigenvalue weighted by Crippen LogP contribution is 2.56. The van der Waals surface area contributed by atoms with Crippen LogP contribution in [-0.4, -0.2) is 124 Å². The third-order valence-corrected chi connectivity index (χ3v) is 24.0. The topological polar surface area (TPSA) is 290 Å². The fourth-order valence-electron chi connectivity index (χ4n) is 7.98. The average molecular weight is 1010 g/mol. The fourth-order valence-corrected chi connectivity index (χ4v) is 20.5. The van der Waals surface area contributed by atoms with Gasteiger partial charge in [0.2, 0.25) is 11.8 Å². The first kappa shape index (κ1) is 53.2. The van der Waals surface area contributed by atoms with Gasteiger partial charge in [-0.3, -0.25) is 14.3 Å². The smallest absolute Gasteiger partial charge is 0.474 e. The maximum absolute atomic E-state index is 13.4. The lowest BCUT2D eigenvalue weighted by Gasteiger charge is -2.47. The van der Waals surface area contributed by atoms with Crippen LogP contribution in [-0.2, 0) is 47.7 Å². The number of H-pyrrole nitrogens is 1. The van der Waals surface area contributed by atoms with Gasteiger partial charge in [0, 0.05) is 35.7 Å². The number of hydrogen-bond donors (Lipinski definition) is 5. The maximum Gasteiger partial charge on any atom is 0.695 e. The van der Waals surface area contributed by atoms with E-state index in [-0.39, 0.29) is 71.3 Å². The van der Waals surface area contributed by atoms with Gasteiger partial charge in [-0.25, -0.2) is 9.97 Å². The van der Waals surface area contributed by atoms with E-state index in [0.717, 1.165) is 0 Å². The van der Waals surface area contributed by atoms with Crippen LogP contribution in [0.5, 0.6) is 5.88 Å². The van der Waals surface area contributed by atoms with E-state index in [0.29, 0.717) is 18.8 Å². The Kier molecular flexibility index (Phi) is 18.8. The molecule has 0 amide bonds. The van der Waals surface area contributed by atoms with Crippen LogP contribution in [0.3, 0.4) is 0 Å². The van der Waals surface area contributed by atoms with Crippen LogP contribution < -0.4 is 15.6 Å². The zero-order valence-electron chi connectivity index (χ0n) is 38.5. The minimum Gasteiger partial charge on any atom is -0.474 e. The Morgan fingerprint density at radius 3 is 2.38 bits per heavy atom. The summed E-state index contributed by atoms with van der Waals surface area (Å²) in [7, 11) is -10.2. The molecule has 27 heteroatoms. The standard InChI is InChI=1S/C38H63N9O13P2SSi2/c1-22(2)18-41-38-43-35-32(36(49)44-38)45-46-47(35)37-34(33(30(19-48)56-37)59-65(25(7)8,26(9)10)60-64(52,23(3)4)24(5)6)58-62(63,53-15-11-13-39)54-20-27-16-28(17-29(27)57-61(50)51)55-31-12-14-40-21-42-31/h12,14,21-30,33-34,37,48,52H,11,15-20H2,1-10H3,(H2-,41,43,44,46,49,50,51)/p+1/t27-,28-,29+,30-,33-,34-,37-,62+/m1/s1. The molecular weight excluding hydrogens is 941 g/mol. The molecule has 9 atom stereocenters. The zero-order chi connectivity index (χ0) is 47.9. The summed E-state index contributed by atoms with van der Waals surface area (Å²) in [4.78, 5) is 50.9. The van der Waals surface area contributed by atoms with Crippen LogP contribution in [0, 0.1) is 23.2 Å². The average Bonchev–Trinajstić information content (AvgIpc) is 3.93. The number of anilines is 1. The highest BCUT2D eigenvalue weighted by Gasteiger charge is 2.60. The Labute approximate surface area is 387 Å². The van der Waals surface area contributed by atoms with Crippen molar-refractivity contribution in [3.63, 3.8) is 0 Å². The molecule has 1 aliphatic carbocycles. The second-order valence-electron chi connectivity index (χ2n) is 17.9. The normalized spacial score (nSPS) is 24.1. The first-order valence-electron chi connectivity index (χ1n) is 21.8. The van der Waals surface area contributed by atoms with Crippen LogP contribution in [0.4, 0.5) is 5.95 Å². The number of ether oxygens (including phenoxy) is 2. The molecule has 3 aromatic heterocycles. The molecule has 1 unspecified atom stereocenters. The number of aliphatic hydroxyl groups is 1. The summed E-state index contributed by atoms with van der Waals surface area (Å²) in [6.07, 6.45) is -3.06. The number of rotatable bonds is 25. The Balaban J connectivity index is 1.61. The van der Waals surface area contributed by atoms with Gasteiger partial charge in [0.05, 0.1) is 32.3 Å². The van der Waals surface area contributed by atoms with E-state index in [1.165, 1.54) is 17.2 Å². The quantitative estimate of drug-likeness (QED) is 0.0390. The monoisotopic (exact) mass is 1000 g/mol. The summed E-state index contributed by atoms with van der Waals surface area (Å²) in [6, 6.07) is 3.62. The van der Waals surface area contributed by atoms with Gasteiger partial charge >= 0.3 is 32.1 Å². The Hall–Kier alpha value is -2.77. The van der Waals surface area contributed by atoms with Crippen molar-refractivity contribution in [2.45, 2.75) is 147 Å². The van der Waals surface area contributed by atoms with Gasteiger partial charge in [0.1, 0.15) is 36.8 Å². The fraction of sp³-hybridized carbons (Fsp3) is 0.763. The molecule has 1 saturated carbocycles. The molecule has 0 spiro atoms.